The third-order valence-corrected chi connectivity index (χ3v) is 5.97. The standard InChI is InChI=1S/C21H22Cl2N4O/c1-14(2)25-9-11-26(12-10-25)21(28)17-3-4-18-16(20(17)23)6-8-27(18)15-5-7-24-19(22)13-15/h3-8,13-14H,9-12H2,1-2H3. The molecule has 1 fully saturated rings. The predicted molar refractivity (Wildman–Crippen MR) is 114 cm³/mol. The van der Waals surface area contributed by atoms with Gasteiger partial charge in [0.1, 0.15) is 5.15 Å². The first kappa shape index (κ1) is 19.2. The van der Waals surface area contributed by atoms with Crippen LogP contribution in [0.2, 0.25) is 10.2 Å². The van der Waals surface area contributed by atoms with E-state index in [1.807, 2.05) is 39.9 Å². The monoisotopic (exact) mass is 416 g/mol. The number of rotatable bonds is 3. The molecule has 2 aromatic heterocycles. The third kappa shape index (κ3) is 3.50. The first-order valence-corrected chi connectivity index (χ1v) is 10.2. The Morgan fingerprint density at radius 2 is 1.82 bits per heavy atom. The van der Waals surface area contributed by atoms with Gasteiger partial charge in [0.2, 0.25) is 0 Å². The van der Waals surface area contributed by atoms with Crippen LogP contribution in [0.4, 0.5) is 0 Å². The van der Waals surface area contributed by atoms with E-state index in [0.29, 0.717) is 21.8 Å². The third-order valence-electron chi connectivity index (χ3n) is 5.36. The molecule has 146 valence electrons. The van der Waals surface area contributed by atoms with Gasteiger partial charge in [-0.2, -0.15) is 0 Å². The van der Waals surface area contributed by atoms with Crippen molar-refractivity contribution in [3.63, 3.8) is 0 Å². The summed E-state index contributed by atoms with van der Waals surface area (Å²) >= 11 is 12.7. The van der Waals surface area contributed by atoms with Crippen molar-refractivity contribution in [1.82, 2.24) is 19.4 Å². The van der Waals surface area contributed by atoms with Gasteiger partial charge in [-0.3, -0.25) is 9.69 Å². The molecule has 0 aliphatic carbocycles. The van der Waals surface area contributed by atoms with E-state index in [-0.39, 0.29) is 5.91 Å². The highest BCUT2D eigenvalue weighted by atomic mass is 35.5. The predicted octanol–water partition coefficient (Wildman–Crippen LogP) is 4.50. The van der Waals surface area contributed by atoms with Crippen LogP contribution >= 0.6 is 23.2 Å². The van der Waals surface area contributed by atoms with Gasteiger partial charge in [-0.05, 0) is 44.2 Å². The molecule has 1 saturated heterocycles. The van der Waals surface area contributed by atoms with E-state index in [2.05, 4.69) is 23.7 Å². The van der Waals surface area contributed by atoms with Crippen molar-refractivity contribution in [3.05, 3.63) is 58.5 Å². The Balaban J connectivity index is 1.63. The number of aromatic nitrogens is 2. The Labute approximate surface area is 174 Å². The van der Waals surface area contributed by atoms with Gasteiger partial charge in [-0.25, -0.2) is 4.98 Å². The van der Waals surface area contributed by atoms with Crippen LogP contribution < -0.4 is 0 Å². The largest absolute Gasteiger partial charge is 0.336 e. The Bertz CT molecular complexity index is 1020. The van der Waals surface area contributed by atoms with E-state index in [1.165, 1.54) is 0 Å². The van der Waals surface area contributed by atoms with Gasteiger partial charge >= 0.3 is 0 Å². The maximum absolute atomic E-state index is 13.1. The van der Waals surface area contributed by atoms with Gasteiger partial charge in [-0.1, -0.05) is 23.2 Å². The molecule has 0 N–H and O–H groups in total. The van der Waals surface area contributed by atoms with Crippen LogP contribution in [0.25, 0.3) is 16.6 Å². The van der Waals surface area contributed by atoms with Crippen molar-refractivity contribution in [1.29, 1.82) is 0 Å². The molecule has 1 amide bonds. The molecule has 3 heterocycles. The average Bonchev–Trinajstić information content (AvgIpc) is 3.13. The zero-order chi connectivity index (χ0) is 19.8. The summed E-state index contributed by atoms with van der Waals surface area (Å²) in [7, 11) is 0. The normalized spacial score (nSPS) is 15.5. The molecule has 1 aliphatic rings. The van der Waals surface area contributed by atoms with Crippen LogP contribution in [0.5, 0.6) is 0 Å². The van der Waals surface area contributed by atoms with Crippen LogP contribution in [0.15, 0.2) is 42.7 Å². The molecule has 28 heavy (non-hydrogen) atoms. The van der Waals surface area contributed by atoms with Gasteiger partial charge in [0.15, 0.2) is 0 Å². The SMILES string of the molecule is CC(C)N1CCN(C(=O)c2ccc3c(ccn3-c3ccnc(Cl)c3)c2Cl)CC1. The van der Waals surface area contributed by atoms with Gasteiger partial charge in [-0.15, -0.1) is 0 Å². The summed E-state index contributed by atoms with van der Waals surface area (Å²) in [6.07, 6.45) is 3.59. The van der Waals surface area contributed by atoms with E-state index in [4.69, 9.17) is 23.2 Å². The lowest BCUT2D eigenvalue weighted by Gasteiger charge is -2.37. The highest BCUT2D eigenvalue weighted by Crippen LogP contribution is 2.31. The van der Waals surface area contributed by atoms with Crippen LogP contribution in [-0.4, -0.2) is 57.5 Å². The van der Waals surface area contributed by atoms with E-state index in [9.17, 15) is 4.79 Å². The molecule has 0 radical (unpaired) electrons. The van der Waals surface area contributed by atoms with Gasteiger partial charge in [0.05, 0.1) is 21.8 Å². The summed E-state index contributed by atoms with van der Waals surface area (Å²) in [4.78, 5) is 21.4. The van der Waals surface area contributed by atoms with Crippen LogP contribution in [0, 0.1) is 0 Å². The summed E-state index contributed by atoms with van der Waals surface area (Å²) in [5.74, 6) is -0.00462. The molecule has 0 unspecified atom stereocenters. The van der Waals surface area contributed by atoms with E-state index in [1.54, 1.807) is 12.3 Å². The Morgan fingerprint density at radius 3 is 2.50 bits per heavy atom. The first-order chi connectivity index (χ1) is 13.5. The number of carbonyl (C=O) groups is 1. The second-order valence-corrected chi connectivity index (χ2v) is 8.07. The van der Waals surface area contributed by atoms with Crippen molar-refractivity contribution in [2.45, 2.75) is 19.9 Å². The molecule has 5 nitrogen and oxygen atoms in total. The number of carbonyl (C=O) groups excluding carboxylic acids is 1. The average molecular weight is 417 g/mol. The lowest BCUT2D eigenvalue weighted by Crippen LogP contribution is -2.50. The van der Waals surface area contributed by atoms with E-state index < -0.39 is 0 Å². The molecule has 1 aliphatic heterocycles. The number of piperazine rings is 1. The molecule has 7 heteroatoms. The highest BCUT2D eigenvalue weighted by Gasteiger charge is 2.25. The molecular formula is C21H22Cl2N4O. The van der Waals surface area contributed by atoms with Crippen molar-refractivity contribution >= 4 is 40.0 Å². The lowest BCUT2D eigenvalue weighted by molar-refractivity contribution is 0.0596. The Hall–Kier alpha value is -2.08. The number of fused-ring (bicyclic) bond motifs is 1. The van der Waals surface area contributed by atoms with Crippen molar-refractivity contribution in [2.24, 2.45) is 0 Å². The van der Waals surface area contributed by atoms with Gasteiger partial charge in [0, 0.05) is 50.0 Å². The number of hydrogen-bond acceptors (Lipinski definition) is 3. The van der Waals surface area contributed by atoms with Crippen LogP contribution in [0.3, 0.4) is 0 Å². The second-order valence-electron chi connectivity index (χ2n) is 7.30. The number of nitrogens with zero attached hydrogens (tertiary/aromatic N) is 4. The Kier molecular flexibility index (Phi) is 5.32. The minimum Gasteiger partial charge on any atom is -0.336 e. The zero-order valence-electron chi connectivity index (χ0n) is 15.9. The minimum atomic E-state index is -0.00462. The van der Waals surface area contributed by atoms with E-state index >= 15 is 0 Å². The number of hydrogen-bond donors (Lipinski definition) is 0. The number of halogens is 2. The summed E-state index contributed by atoms with van der Waals surface area (Å²) in [5.41, 5.74) is 2.38. The quantitative estimate of drug-likeness (QED) is 0.590. The summed E-state index contributed by atoms with van der Waals surface area (Å²) in [6.45, 7) is 7.60. The fraction of sp³-hybridized carbons (Fsp3) is 0.333. The molecule has 0 saturated carbocycles. The smallest absolute Gasteiger partial charge is 0.255 e. The summed E-state index contributed by atoms with van der Waals surface area (Å²) in [6, 6.07) is 9.86. The topological polar surface area (TPSA) is 41.4 Å². The van der Waals surface area contributed by atoms with Gasteiger partial charge in [0.25, 0.3) is 5.91 Å². The number of pyridine rings is 1. The lowest BCUT2D eigenvalue weighted by atomic mass is 10.1. The fourth-order valence-corrected chi connectivity index (χ4v) is 4.20. The molecule has 3 aromatic rings. The van der Waals surface area contributed by atoms with Crippen molar-refractivity contribution < 1.29 is 4.79 Å². The molecule has 0 atom stereocenters. The van der Waals surface area contributed by atoms with Crippen LogP contribution in [0.1, 0.15) is 24.2 Å². The first-order valence-electron chi connectivity index (χ1n) is 9.40. The van der Waals surface area contributed by atoms with E-state index in [0.717, 1.165) is 42.8 Å². The molecule has 0 spiro atoms. The zero-order valence-corrected chi connectivity index (χ0v) is 17.4. The molecule has 4 rings (SSSR count). The second kappa shape index (κ2) is 7.74. The molecule has 0 bridgehead atoms. The van der Waals surface area contributed by atoms with Gasteiger partial charge < -0.3 is 9.47 Å². The number of benzene rings is 1. The van der Waals surface area contributed by atoms with Crippen molar-refractivity contribution in [3.8, 4) is 5.69 Å². The maximum atomic E-state index is 13.1. The summed E-state index contributed by atoms with van der Waals surface area (Å²) < 4.78 is 1.99. The highest BCUT2D eigenvalue weighted by molar-refractivity contribution is 6.38. The Morgan fingerprint density at radius 1 is 1.07 bits per heavy atom. The fourth-order valence-electron chi connectivity index (χ4n) is 3.72. The minimum absolute atomic E-state index is 0.00462. The molecule has 1 aromatic carbocycles. The maximum Gasteiger partial charge on any atom is 0.255 e. The summed E-state index contributed by atoms with van der Waals surface area (Å²) in [5, 5.41) is 1.77. The molecular weight excluding hydrogens is 395 g/mol. The number of amides is 1. The van der Waals surface area contributed by atoms with Crippen molar-refractivity contribution in [2.75, 3.05) is 26.2 Å². The van der Waals surface area contributed by atoms with Crippen LogP contribution in [-0.2, 0) is 0 Å².